The molecule has 638 valence electrons. The zero-order valence-electron chi connectivity index (χ0n) is 97.2. The van der Waals surface area contributed by atoms with Gasteiger partial charge >= 0.3 is 0 Å². The van der Waals surface area contributed by atoms with E-state index in [4.69, 9.17) is 24.7 Å². The molecule has 0 aliphatic heterocycles. The molecule has 0 spiro atoms. The minimum atomic E-state index is -0.626. The van der Waals surface area contributed by atoms with Crippen molar-refractivity contribution in [1.82, 2.24) is 13.7 Å². The van der Waals surface area contributed by atoms with E-state index in [1.807, 2.05) is 75.4 Å². The monoisotopic (exact) mass is 1660 g/mol. The first kappa shape index (κ1) is 67.8. The Labute approximate surface area is 774 Å². The van der Waals surface area contributed by atoms with E-state index in [1.165, 1.54) is 27.8 Å². The fraction of sp³-hybridized carbons (Fsp3) is 0.311. The van der Waals surface area contributed by atoms with Crippen LogP contribution in [0.3, 0.4) is 0 Å². The van der Waals surface area contributed by atoms with Crippen molar-refractivity contribution in [3.63, 3.8) is 0 Å². The average molecular weight is 1660 g/mol. The van der Waals surface area contributed by atoms with Gasteiger partial charge in [-0.05, 0) is 241 Å². The zero-order valence-corrected chi connectivity index (χ0v) is 79.2. The molecule has 3 nitrogen and oxygen atoms in total. The second-order valence-corrected chi connectivity index (χ2v) is 43.5. The molecule has 3 aromatic heterocycles. The summed E-state index contributed by atoms with van der Waals surface area (Å²) < 4.78 is 164. The van der Waals surface area contributed by atoms with E-state index in [2.05, 4.69) is 301 Å². The Morgan fingerprint density at radius 2 is 0.512 bits per heavy atom. The average Bonchev–Trinajstić information content (AvgIpc) is 1.57. The fourth-order valence-corrected chi connectivity index (χ4v) is 17.8. The molecular weight excluding hydrogens is 1510 g/mol. The van der Waals surface area contributed by atoms with Crippen molar-refractivity contribution in [3.8, 4) is 72.7 Å². The summed E-state index contributed by atoms with van der Waals surface area (Å²) in [5.41, 5.74) is 23.6. The molecule has 0 unspecified atom stereocenters. The van der Waals surface area contributed by atoms with Crippen molar-refractivity contribution in [2.24, 2.45) is 0 Å². The molecule has 17 aromatic rings. The lowest BCUT2D eigenvalue weighted by Crippen LogP contribution is -2.17. The highest BCUT2D eigenvalue weighted by molar-refractivity contribution is 6.21. The lowest BCUT2D eigenvalue weighted by atomic mass is 9.78. The minimum Gasteiger partial charge on any atom is -0.309 e. The molecule has 0 fully saturated rings. The van der Waals surface area contributed by atoms with E-state index in [0.29, 0.717) is 33.2 Å². The van der Waals surface area contributed by atoms with Gasteiger partial charge in [0.05, 0.1) is 57.8 Å². The third kappa shape index (κ3) is 17.5. The Morgan fingerprint density at radius 1 is 0.208 bits per heavy atom. The zero-order chi connectivity index (χ0) is 106. The van der Waals surface area contributed by atoms with Crippen molar-refractivity contribution in [2.75, 3.05) is 0 Å². The summed E-state index contributed by atoms with van der Waals surface area (Å²) >= 11 is 0. The van der Waals surface area contributed by atoms with Crippen LogP contribution in [0.25, 0.3) is 138 Å². The van der Waals surface area contributed by atoms with E-state index in [-0.39, 0.29) is 156 Å². The summed E-state index contributed by atoms with van der Waals surface area (Å²) in [5, 5.41) is 5.42. The van der Waals surface area contributed by atoms with Crippen LogP contribution in [0.15, 0.2) is 291 Å². The smallest absolute Gasteiger partial charge is 0.0632 e. The fourth-order valence-electron chi connectivity index (χ4n) is 17.8. The highest BCUT2D eigenvalue weighted by Crippen LogP contribution is 2.52. The standard InChI is InChI=1S/C43H47N.C42H45N.C37H43N/c1-28-19-21-30(22-20-28)35-23-24-37-39(40(35)43(8,9)10)38-34(29-15-12-11-13-16-29)17-14-18-36(38)44(37)33-26-31(41(2,3)4)25-32(27-33)42(5,6)7;1-40(2,3)30-25-31(41(4,5)6)27-32(26-30)43-35-22-16-21-33(28-17-12-10-13-18-28)37(35)38-36(43)24-23-34(39(38)42(7,8)9)29-19-14-11-15-20-29;1-24-14-11-15-25(20-24)29-16-12-18-31-33(29)34-30(37(8,9)10)17-13-19-32(34)38(31)28-22-26(35(2,3)4)21-27(23-28)36(5,6)7/h11-27H,1-10H3;10-27H,1-9H3;11-23H,1-10H3/i11D,12D,13D,15D,16D,19D,20D,21D,22D;10D,12D,13D,17D,18D;11D,14D,15D,20D. The number of fused-ring (bicyclic) bond motifs is 9. The largest absolute Gasteiger partial charge is 0.309 e. The van der Waals surface area contributed by atoms with E-state index < -0.39 is 23.5 Å². The lowest BCUT2D eigenvalue weighted by molar-refractivity contribution is 0.567. The topological polar surface area (TPSA) is 14.8 Å². The van der Waals surface area contributed by atoms with Crippen LogP contribution in [0.4, 0.5) is 0 Å². The van der Waals surface area contributed by atoms with Gasteiger partial charge in [-0.25, -0.2) is 0 Å². The van der Waals surface area contributed by atoms with Gasteiger partial charge in [-0.3, -0.25) is 0 Å². The minimum absolute atomic E-state index is 0.0448. The summed E-state index contributed by atoms with van der Waals surface area (Å²) in [6.45, 7) is 62.8. The third-order valence-corrected chi connectivity index (χ3v) is 24.4. The molecule has 0 amide bonds. The second kappa shape index (κ2) is 32.5. The summed E-state index contributed by atoms with van der Waals surface area (Å²) in [6, 6.07) is 59.4. The highest BCUT2D eigenvalue weighted by atomic mass is 15.0. The van der Waals surface area contributed by atoms with Crippen LogP contribution in [-0.2, 0) is 48.7 Å². The molecule has 14 aromatic carbocycles. The predicted molar refractivity (Wildman–Crippen MR) is 547 cm³/mol. The molecule has 125 heavy (non-hydrogen) atoms. The van der Waals surface area contributed by atoms with Crippen molar-refractivity contribution >= 4 is 65.4 Å². The Hall–Kier alpha value is -11.5. The Morgan fingerprint density at radius 3 is 0.856 bits per heavy atom. The molecule has 0 saturated carbocycles. The second-order valence-electron chi connectivity index (χ2n) is 43.5. The van der Waals surface area contributed by atoms with Crippen LogP contribution in [-0.4, -0.2) is 13.7 Å². The van der Waals surface area contributed by atoms with Gasteiger partial charge in [0.25, 0.3) is 0 Å². The van der Waals surface area contributed by atoms with Gasteiger partial charge in [0, 0.05) is 49.4 Å². The maximum absolute atomic E-state index is 9.08. The number of aromatic nitrogens is 3. The molecule has 3 heteroatoms. The van der Waals surface area contributed by atoms with E-state index >= 15 is 0 Å². The first-order valence-electron chi connectivity index (χ1n) is 53.2. The molecule has 3 heterocycles. The van der Waals surface area contributed by atoms with Gasteiger partial charge in [0.2, 0.25) is 0 Å². The summed E-state index contributed by atoms with van der Waals surface area (Å²) in [6.07, 6.45) is 0. The molecule has 0 aliphatic carbocycles. The Balaban J connectivity index is 0.000000163. The highest BCUT2D eigenvalue weighted by Gasteiger charge is 2.34. The number of nitrogens with zero attached hydrogens (tertiary/aromatic N) is 3. The van der Waals surface area contributed by atoms with Crippen molar-refractivity contribution in [1.29, 1.82) is 0 Å². The molecule has 0 aliphatic rings. The Kier molecular flexibility index (Phi) is 17.6. The molecule has 0 bridgehead atoms. The van der Waals surface area contributed by atoms with Gasteiger partial charge in [-0.2, -0.15) is 0 Å². The van der Waals surface area contributed by atoms with Gasteiger partial charge in [0.1, 0.15) is 0 Å². The maximum Gasteiger partial charge on any atom is 0.0632 e. The molecule has 0 N–H and O–H groups in total. The van der Waals surface area contributed by atoms with Gasteiger partial charge in [0.15, 0.2) is 0 Å². The quantitative estimate of drug-likeness (QED) is 0.144. The van der Waals surface area contributed by atoms with Crippen LogP contribution in [0.2, 0.25) is 0 Å². The number of benzene rings is 14. The molecule has 0 atom stereocenters. The van der Waals surface area contributed by atoms with Crippen LogP contribution >= 0.6 is 0 Å². The van der Waals surface area contributed by atoms with E-state index in [9.17, 15) is 0 Å². The van der Waals surface area contributed by atoms with Crippen molar-refractivity contribution < 1.29 is 24.7 Å². The molecule has 17 rings (SSSR count). The molecular formula is C122H135N3. The van der Waals surface area contributed by atoms with Crippen LogP contribution in [0.5, 0.6) is 0 Å². The van der Waals surface area contributed by atoms with Crippen molar-refractivity contribution in [3.05, 3.63) is 352 Å². The van der Waals surface area contributed by atoms with E-state index in [1.54, 1.807) is 19.9 Å². The maximum atomic E-state index is 9.08. The van der Waals surface area contributed by atoms with Crippen LogP contribution < -0.4 is 0 Å². The predicted octanol–water partition coefficient (Wildman–Crippen LogP) is 35.0. The molecule has 0 saturated heterocycles. The van der Waals surface area contributed by atoms with Gasteiger partial charge < -0.3 is 13.7 Å². The SMILES string of the molecule is [2H]c1c([2H])c(C)c([2H])c(-c2cccc3c2c2c(C(C)(C)C)cccc2n3-c2cc(C(C)(C)C)cc(C(C)(C)C)c2)c1[2H].[2H]c1c([2H])c([2H])c(-c2cccc3c2c2c(C(C)(C)C)c(-c4c([2H])c([2H])c(C)c([2H])c4[2H])ccc2n3-c2cc(C(C)(C)C)cc(C(C)(C)C)c2)c([2H])c1[2H].[2H]c1c([2H])c([2H])c(-c2cccc3c2c2c(C(C)(C)C)c(-c4ccccc4)ccc2n3-c2cc(C(C)(C)C)cc(C(C)(C)C)c2)c([2H])c1[2H]. The van der Waals surface area contributed by atoms with E-state index in [0.717, 1.165) is 116 Å². The van der Waals surface area contributed by atoms with Gasteiger partial charge in [-0.1, -0.05) is 416 Å². The van der Waals surface area contributed by atoms with Crippen LogP contribution in [0.1, 0.15) is 273 Å². The number of hydrogen-bond acceptors (Lipinski definition) is 0. The summed E-state index contributed by atoms with van der Waals surface area (Å²) in [5.74, 6) is 0. The summed E-state index contributed by atoms with van der Waals surface area (Å²) in [4.78, 5) is 0. The first-order valence-corrected chi connectivity index (χ1v) is 44.2. The third-order valence-electron chi connectivity index (χ3n) is 24.4. The van der Waals surface area contributed by atoms with Crippen LogP contribution in [0, 0.1) is 13.8 Å². The normalized spacial score (nSPS) is 14.9. The lowest BCUT2D eigenvalue weighted by Gasteiger charge is -2.27. The number of rotatable bonds is 8. The molecule has 0 radical (unpaired) electrons. The first-order chi connectivity index (χ1) is 66.0. The van der Waals surface area contributed by atoms with Gasteiger partial charge in [-0.15, -0.1) is 0 Å². The van der Waals surface area contributed by atoms with Crippen molar-refractivity contribution in [2.45, 2.75) is 250 Å². The Bertz CT molecular complexity index is 7880. The number of hydrogen-bond donors (Lipinski definition) is 0. The summed E-state index contributed by atoms with van der Waals surface area (Å²) in [7, 11) is 0.